The molecule has 0 radical (unpaired) electrons. The molecule has 1 aliphatic rings. The highest BCUT2D eigenvalue weighted by atomic mass is 16.3. The molecule has 1 aromatic carbocycles. The first-order valence-corrected chi connectivity index (χ1v) is 5.40. The smallest absolute Gasteiger partial charge is 0.178 e. The predicted molar refractivity (Wildman–Crippen MR) is 63.3 cm³/mol. The van der Waals surface area contributed by atoms with Gasteiger partial charge in [-0.2, -0.15) is 0 Å². The van der Waals surface area contributed by atoms with E-state index in [0.29, 0.717) is 6.42 Å². The van der Waals surface area contributed by atoms with E-state index in [1.54, 1.807) is 4.68 Å². The van der Waals surface area contributed by atoms with E-state index in [9.17, 15) is 5.11 Å². The van der Waals surface area contributed by atoms with Crippen LogP contribution in [0.1, 0.15) is 18.4 Å². The fourth-order valence-corrected chi connectivity index (χ4v) is 1.54. The Morgan fingerprint density at radius 1 is 1.31 bits per heavy atom. The number of rotatable bonds is 3. The van der Waals surface area contributed by atoms with Crippen LogP contribution in [0.5, 0.6) is 0 Å². The fraction of sp³-hybridized carbons (Fsp3) is 0.231. The lowest BCUT2D eigenvalue weighted by Gasteiger charge is -1.90. The second-order valence-electron chi connectivity index (χ2n) is 3.64. The van der Waals surface area contributed by atoms with E-state index in [1.807, 2.05) is 24.4 Å². The summed E-state index contributed by atoms with van der Waals surface area (Å²) in [6, 6.07) is 10.1. The average Bonchev–Trinajstić information content (AvgIpc) is 2.72. The van der Waals surface area contributed by atoms with Crippen molar-refractivity contribution in [1.82, 2.24) is 0 Å². The van der Waals surface area contributed by atoms with Crippen molar-refractivity contribution in [3.05, 3.63) is 42.0 Å². The Morgan fingerprint density at radius 3 is 2.81 bits per heavy atom. The highest BCUT2D eigenvalue weighted by Gasteiger charge is 2.09. The van der Waals surface area contributed by atoms with Gasteiger partial charge in [0, 0.05) is 18.7 Å². The molecular weight excluding hydrogens is 200 g/mol. The van der Waals surface area contributed by atoms with Crippen LogP contribution < -0.4 is 5.11 Å². The quantitative estimate of drug-likeness (QED) is 0.698. The summed E-state index contributed by atoms with van der Waals surface area (Å²) in [5.74, 6) is -0.0247. The van der Waals surface area contributed by atoms with Crippen LogP contribution in [0.3, 0.4) is 0 Å². The Hall–Kier alpha value is -1.90. The average molecular weight is 214 g/mol. The summed E-state index contributed by atoms with van der Waals surface area (Å²) in [7, 11) is 0. The molecule has 1 heterocycles. The first-order chi connectivity index (χ1) is 7.84. The molecule has 82 valence electrons. The lowest BCUT2D eigenvalue weighted by molar-refractivity contribution is -0.520. The number of benzene rings is 1. The van der Waals surface area contributed by atoms with Crippen molar-refractivity contribution in [3.8, 4) is 0 Å². The summed E-state index contributed by atoms with van der Waals surface area (Å²) in [4.78, 5) is 0. The minimum Gasteiger partial charge on any atom is -0.857 e. The molecule has 0 amide bonds. The summed E-state index contributed by atoms with van der Waals surface area (Å²) in [5, 5.41) is 14.7. The van der Waals surface area contributed by atoms with Crippen molar-refractivity contribution in [2.45, 2.75) is 12.8 Å². The number of hydrazone groups is 1. The lowest BCUT2D eigenvalue weighted by Crippen LogP contribution is -2.13. The fourth-order valence-electron chi connectivity index (χ4n) is 1.54. The minimum atomic E-state index is -0.0247. The molecule has 0 spiro atoms. The largest absolute Gasteiger partial charge is 0.857 e. The Morgan fingerprint density at radius 2 is 2.12 bits per heavy atom. The van der Waals surface area contributed by atoms with Gasteiger partial charge in [0.2, 0.25) is 0 Å². The summed E-state index contributed by atoms with van der Waals surface area (Å²) in [6.45, 7) is 0.720. The van der Waals surface area contributed by atoms with Gasteiger partial charge in [0.15, 0.2) is 12.8 Å². The summed E-state index contributed by atoms with van der Waals surface area (Å²) >= 11 is 0. The third kappa shape index (κ3) is 3.05. The first-order valence-electron chi connectivity index (χ1n) is 5.40. The SMILES string of the molecule is [O-]C1=N/[N+](=C/C/C=C/c2ccccc2)CC1. The number of nitrogens with zero attached hydrogens (tertiary/aromatic N) is 2. The van der Waals surface area contributed by atoms with Crippen LogP contribution in [0.25, 0.3) is 6.08 Å². The van der Waals surface area contributed by atoms with Crippen LogP contribution in [0.15, 0.2) is 41.5 Å². The third-order valence-corrected chi connectivity index (χ3v) is 2.36. The Bertz CT molecular complexity index is 433. The molecule has 3 nitrogen and oxygen atoms in total. The molecule has 3 heteroatoms. The molecule has 0 unspecified atom stereocenters. The van der Waals surface area contributed by atoms with Gasteiger partial charge >= 0.3 is 0 Å². The normalized spacial score (nSPS) is 18.2. The zero-order chi connectivity index (χ0) is 11.2. The maximum Gasteiger partial charge on any atom is 0.178 e. The molecular formula is C13H14N2O. The zero-order valence-electron chi connectivity index (χ0n) is 9.04. The van der Waals surface area contributed by atoms with Crippen LogP contribution in [-0.4, -0.2) is 23.3 Å². The Labute approximate surface area is 95.1 Å². The van der Waals surface area contributed by atoms with Gasteiger partial charge < -0.3 is 5.11 Å². The second kappa shape index (κ2) is 5.26. The Balaban J connectivity index is 1.87. The zero-order valence-corrected chi connectivity index (χ0v) is 9.04. The van der Waals surface area contributed by atoms with Gasteiger partial charge in [-0.25, -0.2) is 0 Å². The highest BCUT2D eigenvalue weighted by molar-refractivity contribution is 5.72. The molecule has 0 aromatic heterocycles. The summed E-state index contributed by atoms with van der Waals surface area (Å²) in [6.07, 6.45) is 7.40. The van der Waals surface area contributed by atoms with Gasteiger partial charge in [0.05, 0.1) is 0 Å². The molecule has 0 fully saturated rings. The predicted octanol–water partition coefficient (Wildman–Crippen LogP) is 1.25. The first kappa shape index (κ1) is 10.6. The molecule has 0 bridgehead atoms. The van der Waals surface area contributed by atoms with E-state index < -0.39 is 0 Å². The number of allylic oxidation sites excluding steroid dienone is 1. The van der Waals surface area contributed by atoms with Gasteiger partial charge in [-0.05, 0) is 10.7 Å². The van der Waals surface area contributed by atoms with Gasteiger partial charge in [0.1, 0.15) is 0 Å². The van der Waals surface area contributed by atoms with Crippen molar-refractivity contribution < 1.29 is 9.79 Å². The standard InChI is InChI=1S/C13H14N2O/c16-13-9-11-15(14-13)10-5-4-8-12-6-2-1-3-7-12/h1-4,6-8,10H,5,9,11H2/b8-4+,15-10+. The van der Waals surface area contributed by atoms with E-state index in [1.165, 1.54) is 5.56 Å². The van der Waals surface area contributed by atoms with Crippen LogP contribution in [0, 0.1) is 0 Å². The van der Waals surface area contributed by atoms with E-state index in [0.717, 1.165) is 13.0 Å². The van der Waals surface area contributed by atoms with E-state index in [2.05, 4.69) is 29.4 Å². The maximum absolute atomic E-state index is 10.9. The van der Waals surface area contributed by atoms with E-state index in [-0.39, 0.29) is 5.90 Å². The molecule has 0 atom stereocenters. The molecule has 0 saturated heterocycles. The van der Waals surface area contributed by atoms with Gasteiger partial charge in [-0.1, -0.05) is 47.2 Å². The Kier molecular flexibility index (Phi) is 3.49. The highest BCUT2D eigenvalue weighted by Crippen LogP contribution is 2.01. The summed E-state index contributed by atoms with van der Waals surface area (Å²) in [5.41, 5.74) is 1.19. The van der Waals surface area contributed by atoms with Gasteiger partial charge in [-0.15, -0.1) is 0 Å². The van der Waals surface area contributed by atoms with Crippen molar-refractivity contribution >= 4 is 18.2 Å². The van der Waals surface area contributed by atoms with Crippen molar-refractivity contribution in [1.29, 1.82) is 0 Å². The van der Waals surface area contributed by atoms with E-state index >= 15 is 0 Å². The van der Waals surface area contributed by atoms with Gasteiger partial charge in [-0.3, -0.25) is 0 Å². The molecule has 16 heavy (non-hydrogen) atoms. The van der Waals surface area contributed by atoms with Crippen molar-refractivity contribution in [3.63, 3.8) is 0 Å². The molecule has 0 N–H and O–H groups in total. The second-order valence-corrected chi connectivity index (χ2v) is 3.64. The van der Waals surface area contributed by atoms with Crippen molar-refractivity contribution in [2.24, 2.45) is 5.10 Å². The molecule has 0 aliphatic carbocycles. The van der Waals surface area contributed by atoms with Crippen molar-refractivity contribution in [2.75, 3.05) is 6.54 Å². The minimum absolute atomic E-state index is 0.0247. The molecule has 2 rings (SSSR count). The molecule has 1 aliphatic heterocycles. The topological polar surface area (TPSA) is 38.4 Å². The van der Waals surface area contributed by atoms with Crippen LogP contribution in [-0.2, 0) is 0 Å². The molecule has 0 saturated carbocycles. The van der Waals surface area contributed by atoms with Crippen LogP contribution in [0.2, 0.25) is 0 Å². The third-order valence-electron chi connectivity index (χ3n) is 2.36. The molecule has 1 aromatic rings. The van der Waals surface area contributed by atoms with Gasteiger partial charge in [0.25, 0.3) is 0 Å². The maximum atomic E-state index is 10.9. The van der Waals surface area contributed by atoms with Crippen LogP contribution >= 0.6 is 0 Å². The van der Waals surface area contributed by atoms with E-state index in [4.69, 9.17) is 0 Å². The monoisotopic (exact) mass is 214 g/mol. The summed E-state index contributed by atoms with van der Waals surface area (Å²) < 4.78 is 1.72. The van der Waals surface area contributed by atoms with Crippen LogP contribution in [0.4, 0.5) is 0 Å². The number of hydrogen-bond donors (Lipinski definition) is 0. The lowest BCUT2D eigenvalue weighted by atomic mass is 10.2. The number of hydrogen-bond acceptors (Lipinski definition) is 2.